The standard InChI is InChI=1S/C116H118N12O8/c1-109(2,3)69-25-41-77(42-26-69)129-101-97(102(118-65-117-101)130-78-43-27-70(28-44-78)110(4,5)6)93-85-57-59-87(125-85)94(98-103(131-79-45-29-71(30-46-79)111(7,8)9)119-66-120-104(98)132-80-47-31-72(32-48-80)112(10,11)12)89-61-63-91(127-89)96(100-107(135-83-53-37-75(38-54-83)115(19,20)21)123-68-124-108(100)136-84-55-39-76(40-56-84)116(22,23)24)92-64-62-90(128-92)95(88-60-58-86(93)126-88)99-105(133-81-49-33-73(34-50-81)113(13,14)15)121-67-122-106(99)134-82-51-35-74(36-52-82)114(16,17)18/h25-68,125,128H,1-24H3. The van der Waals surface area contributed by atoms with E-state index in [1.165, 1.54) is 25.3 Å². The summed E-state index contributed by atoms with van der Waals surface area (Å²) in [7, 11) is 0. The highest BCUT2D eigenvalue weighted by Gasteiger charge is 2.34. The molecule has 0 atom stereocenters. The monoisotopic (exact) mass is 1810 g/mol. The molecule has 9 heterocycles. The molecule has 0 amide bonds. The van der Waals surface area contributed by atoms with Gasteiger partial charge in [0.2, 0.25) is 47.0 Å². The molecular weight excluding hydrogens is 1690 g/mol. The van der Waals surface area contributed by atoms with Gasteiger partial charge in [-0.1, -0.05) is 263 Å². The molecule has 8 bridgehead atoms. The van der Waals surface area contributed by atoms with E-state index >= 15 is 0 Å². The zero-order valence-corrected chi connectivity index (χ0v) is 82.1. The summed E-state index contributed by atoms with van der Waals surface area (Å²) in [5.41, 5.74) is 13.8. The van der Waals surface area contributed by atoms with Crippen molar-refractivity contribution in [1.82, 2.24) is 59.8 Å². The lowest BCUT2D eigenvalue weighted by Gasteiger charge is -2.20. The lowest BCUT2D eigenvalue weighted by molar-refractivity contribution is 0.436. The normalized spacial score (nSPS) is 12.6. The van der Waals surface area contributed by atoms with Gasteiger partial charge in [-0.25, -0.2) is 49.8 Å². The molecule has 17 rings (SSSR count). The Morgan fingerprint density at radius 1 is 0.162 bits per heavy atom. The van der Waals surface area contributed by atoms with Crippen LogP contribution in [0.4, 0.5) is 0 Å². The Hall–Kier alpha value is -14.9. The average molecular weight is 1810 g/mol. The second-order valence-electron chi connectivity index (χ2n) is 43.0. The zero-order chi connectivity index (χ0) is 96.3. The number of ether oxygens (including phenoxy) is 8. The van der Waals surface area contributed by atoms with Gasteiger partial charge in [0.15, 0.2) is 0 Å². The molecule has 0 fully saturated rings. The van der Waals surface area contributed by atoms with Gasteiger partial charge in [0.05, 0.1) is 22.8 Å². The van der Waals surface area contributed by atoms with Crippen LogP contribution in [0.2, 0.25) is 0 Å². The fraction of sp³-hybridized carbons (Fsp3) is 0.276. The number of nitrogens with one attached hydrogen (secondary N) is 2. The van der Waals surface area contributed by atoms with E-state index in [1.54, 1.807) is 0 Å². The minimum Gasteiger partial charge on any atom is -0.438 e. The van der Waals surface area contributed by atoms with Crippen LogP contribution in [-0.4, -0.2) is 59.8 Å². The minimum absolute atomic E-state index is 0.133. The number of H-pyrrole nitrogens is 2. The van der Waals surface area contributed by atoms with E-state index in [1.807, 2.05) is 146 Å². The summed E-state index contributed by atoms with van der Waals surface area (Å²) in [6.07, 6.45) is 13.6. The van der Waals surface area contributed by atoms with Crippen LogP contribution in [0.15, 0.2) is 244 Å². The van der Waals surface area contributed by atoms with Crippen LogP contribution in [0.25, 0.3) is 90.9 Å². The van der Waals surface area contributed by atoms with Crippen LogP contribution in [-0.2, 0) is 43.3 Å². The molecule has 20 heteroatoms. The summed E-state index contributed by atoms with van der Waals surface area (Å²) in [6, 6.07) is 72.2. The van der Waals surface area contributed by atoms with E-state index in [0.29, 0.717) is 135 Å². The Bertz CT molecular complexity index is 6050. The number of aromatic nitrogens is 12. The highest BCUT2D eigenvalue weighted by atomic mass is 16.5. The fourth-order valence-electron chi connectivity index (χ4n) is 16.2. The summed E-state index contributed by atoms with van der Waals surface area (Å²) in [5.74, 6) is 5.01. The molecule has 8 aromatic carbocycles. The Morgan fingerprint density at radius 2 is 0.287 bits per heavy atom. The van der Waals surface area contributed by atoms with Crippen molar-refractivity contribution < 1.29 is 37.9 Å². The van der Waals surface area contributed by atoms with Crippen molar-refractivity contribution in [2.45, 2.75) is 209 Å². The van der Waals surface area contributed by atoms with Gasteiger partial charge in [-0.15, -0.1) is 0 Å². The quantitative estimate of drug-likeness (QED) is 0.0722. The summed E-state index contributed by atoms with van der Waals surface area (Å²) < 4.78 is 57.9. The molecule has 690 valence electrons. The Kier molecular flexibility index (Phi) is 24.7. The predicted molar refractivity (Wildman–Crippen MR) is 545 cm³/mol. The molecular formula is C116H118N12O8. The van der Waals surface area contributed by atoms with Crippen LogP contribution in [0.3, 0.4) is 0 Å². The first-order chi connectivity index (χ1) is 64.4. The van der Waals surface area contributed by atoms with Crippen LogP contribution in [0, 0.1) is 0 Å². The maximum atomic E-state index is 7.24. The van der Waals surface area contributed by atoms with E-state index in [2.05, 4.69) is 273 Å². The zero-order valence-electron chi connectivity index (χ0n) is 82.1. The third-order valence-electron chi connectivity index (χ3n) is 24.3. The van der Waals surface area contributed by atoms with Gasteiger partial charge in [0.25, 0.3) is 0 Å². The van der Waals surface area contributed by atoms with Crippen LogP contribution >= 0.6 is 0 Å². The molecule has 15 aromatic rings. The predicted octanol–water partition coefficient (Wildman–Crippen LogP) is 31.2. The third-order valence-corrected chi connectivity index (χ3v) is 24.3. The second-order valence-corrected chi connectivity index (χ2v) is 43.0. The SMILES string of the molecule is CC(C)(C)c1ccc(Oc2ncnc(Oc3ccc(C(C)(C)C)cc3)c2-c2c3nc(c(-c4c(Oc5ccc(C(C)(C)C)cc5)ncnc4Oc4ccc(C(C)(C)C)cc4)c4ccc([nH]4)c(-c4c(Oc5ccc(C(C)(C)C)cc5)ncnc4Oc4ccc(C(C)(C)C)cc4)c4nc(c(-c5c(Oc6ccc(C(C)(C)C)cc6)ncnc5Oc5ccc(C(C)(C)C)cc5)c5ccc2[nH]5)C=C4)C=C3)cc1. The first kappa shape index (κ1) is 92.9. The number of hydrogen-bond donors (Lipinski definition) is 2. The largest absolute Gasteiger partial charge is 0.438 e. The summed E-state index contributed by atoms with van der Waals surface area (Å²) in [4.78, 5) is 60.8. The first-order valence-electron chi connectivity index (χ1n) is 46.2. The molecule has 2 aliphatic rings. The maximum absolute atomic E-state index is 7.24. The van der Waals surface area contributed by atoms with E-state index in [4.69, 9.17) is 87.7 Å². The van der Waals surface area contributed by atoms with Gasteiger partial charge in [-0.2, -0.15) is 0 Å². The number of benzene rings is 8. The third kappa shape index (κ3) is 20.4. The van der Waals surface area contributed by atoms with Crippen molar-refractivity contribution >= 4 is 46.4 Å². The fourth-order valence-corrected chi connectivity index (χ4v) is 16.2. The Balaban J connectivity index is 1.05. The van der Waals surface area contributed by atoms with Crippen molar-refractivity contribution in [2.24, 2.45) is 0 Å². The molecule has 0 aliphatic carbocycles. The molecule has 0 saturated heterocycles. The first-order valence-corrected chi connectivity index (χ1v) is 46.2. The minimum atomic E-state index is -0.183. The lowest BCUT2D eigenvalue weighted by Crippen LogP contribution is -2.10. The number of aromatic amines is 2. The van der Waals surface area contributed by atoms with Gasteiger partial charge in [0.1, 0.15) is 93.6 Å². The van der Waals surface area contributed by atoms with Gasteiger partial charge < -0.3 is 47.9 Å². The Labute approximate surface area is 797 Å². The molecule has 20 nitrogen and oxygen atoms in total. The molecule has 2 aliphatic heterocycles. The lowest BCUT2D eigenvalue weighted by atomic mass is 9.87. The van der Waals surface area contributed by atoms with Crippen molar-refractivity contribution in [3.05, 3.63) is 311 Å². The number of rotatable bonds is 20. The van der Waals surface area contributed by atoms with Crippen LogP contribution in [0.5, 0.6) is 93.0 Å². The summed E-state index contributed by atoms with van der Waals surface area (Å²) in [5, 5.41) is 0. The molecule has 2 N–H and O–H groups in total. The maximum Gasteiger partial charge on any atom is 0.234 e. The second kappa shape index (κ2) is 36.1. The molecule has 136 heavy (non-hydrogen) atoms. The van der Waals surface area contributed by atoms with Crippen molar-refractivity contribution in [3.63, 3.8) is 0 Å². The molecule has 0 saturated carbocycles. The molecule has 0 radical (unpaired) electrons. The number of fused-ring (bicyclic) bond motifs is 8. The van der Waals surface area contributed by atoms with Crippen molar-refractivity contribution in [1.29, 1.82) is 0 Å². The van der Waals surface area contributed by atoms with Crippen molar-refractivity contribution in [3.8, 4) is 138 Å². The van der Waals surface area contributed by atoms with Gasteiger partial charge in [0, 0.05) is 44.3 Å². The smallest absolute Gasteiger partial charge is 0.234 e. The van der Waals surface area contributed by atoms with Gasteiger partial charge >= 0.3 is 0 Å². The summed E-state index contributed by atoms with van der Waals surface area (Å²) in [6.45, 7) is 52.3. The van der Waals surface area contributed by atoms with Crippen LogP contribution < -0.4 is 37.9 Å². The molecule has 7 aromatic heterocycles. The van der Waals surface area contributed by atoms with Gasteiger partial charge in [-0.3, -0.25) is 0 Å². The van der Waals surface area contributed by atoms with E-state index in [9.17, 15) is 0 Å². The van der Waals surface area contributed by atoms with E-state index < -0.39 is 0 Å². The van der Waals surface area contributed by atoms with E-state index in [-0.39, 0.29) is 90.4 Å². The van der Waals surface area contributed by atoms with Crippen LogP contribution in [0.1, 0.15) is 233 Å². The van der Waals surface area contributed by atoms with Crippen molar-refractivity contribution in [2.75, 3.05) is 0 Å². The van der Waals surface area contributed by atoms with E-state index in [0.717, 1.165) is 44.5 Å². The van der Waals surface area contributed by atoms with Gasteiger partial charge in [-0.05, 0) is 233 Å². The number of hydrogen-bond acceptors (Lipinski definition) is 18. The highest BCUT2D eigenvalue weighted by Crippen LogP contribution is 2.53. The highest BCUT2D eigenvalue weighted by molar-refractivity contribution is 6.03. The topological polar surface area (TPSA) is 234 Å². The average Bonchev–Trinajstić information content (AvgIpc) is 1.57. The number of nitrogens with zero attached hydrogens (tertiary/aromatic N) is 10. The molecule has 0 spiro atoms. The summed E-state index contributed by atoms with van der Waals surface area (Å²) >= 11 is 0. The Morgan fingerprint density at radius 3 is 0.404 bits per heavy atom. The molecule has 0 unspecified atom stereocenters.